The first kappa shape index (κ1) is 13.3. The second kappa shape index (κ2) is 5.65. The van der Waals surface area contributed by atoms with Crippen molar-refractivity contribution in [3.05, 3.63) is 63.2 Å². The quantitative estimate of drug-likeness (QED) is 0.781. The number of rotatable bonds is 3. The molecule has 2 aromatic rings. The van der Waals surface area contributed by atoms with Gasteiger partial charge in [-0.25, -0.2) is 8.78 Å². The Morgan fingerprint density at radius 1 is 1.06 bits per heavy atom. The van der Waals surface area contributed by atoms with Crippen LogP contribution >= 0.6 is 22.6 Å². The Kier molecular flexibility index (Phi) is 4.16. The monoisotopic (exact) mass is 359 g/mol. The van der Waals surface area contributed by atoms with E-state index in [0.717, 1.165) is 15.2 Å². The number of hydrogen-bond acceptors (Lipinski definition) is 1. The molecule has 0 saturated carbocycles. The van der Waals surface area contributed by atoms with Gasteiger partial charge in [-0.05, 0) is 59.3 Å². The lowest BCUT2D eigenvalue weighted by Crippen LogP contribution is -2.08. The third-order valence-electron chi connectivity index (χ3n) is 2.67. The molecule has 1 nitrogen and oxygen atoms in total. The molecule has 2 aromatic carbocycles. The van der Waals surface area contributed by atoms with Gasteiger partial charge >= 0.3 is 0 Å². The van der Waals surface area contributed by atoms with E-state index in [2.05, 4.69) is 27.9 Å². The van der Waals surface area contributed by atoms with Crippen molar-refractivity contribution in [1.29, 1.82) is 0 Å². The smallest absolute Gasteiger partial charge is 0.149 e. The van der Waals surface area contributed by atoms with Crippen LogP contribution in [0.2, 0.25) is 0 Å². The van der Waals surface area contributed by atoms with Gasteiger partial charge in [-0.15, -0.1) is 0 Å². The van der Waals surface area contributed by atoms with Gasteiger partial charge in [-0.2, -0.15) is 0 Å². The van der Waals surface area contributed by atoms with Gasteiger partial charge < -0.3 is 5.32 Å². The number of anilines is 1. The van der Waals surface area contributed by atoms with Gasteiger partial charge in [0.15, 0.2) is 0 Å². The van der Waals surface area contributed by atoms with Gasteiger partial charge in [0.1, 0.15) is 11.6 Å². The largest absolute Gasteiger partial charge is 0.376 e. The summed E-state index contributed by atoms with van der Waals surface area (Å²) < 4.78 is 27.4. The molecule has 0 fully saturated rings. The molecule has 0 radical (unpaired) electrons. The highest BCUT2D eigenvalue weighted by Gasteiger charge is 2.09. The Bertz CT molecular complexity index is 540. The standard InChI is InChI=1S/C14H12F2IN/c1-9(10-2-5-12(17)6-3-10)18-14-7-4-11(15)8-13(14)16/h2-9,18H,1H3. The Hall–Kier alpha value is -1.17. The maximum absolute atomic E-state index is 13.5. The van der Waals surface area contributed by atoms with Crippen molar-refractivity contribution in [2.45, 2.75) is 13.0 Å². The molecule has 1 N–H and O–H groups in total. The van der Waals surface area contributed by atoms with Crippen molar-refractivity contribution in [3.63, 3.8) is 0 Å². The molecule has 94 valence electrons. The van der Waals surface area contributed by atoms with Crippen molar-refractivity contribution in [3.8, 4) is 0 Å². The molecular formula is C14H12F2IN. The van der Waals surface area contributed by atoms with E-state index in [-0.39, 0.29) is 6.04 Å². The lowest BCUT2D eigenvalue weighted by molar-refractivity contribution is 0.584. The summed E-state index contributed by atoms with van der Waals surface area (Å²) in [5, 5.41) is 3.03. The lowest BCUT2D eigenvalue weighted by atomic mass is 10.1. The predicted octanol–water partition coefficient (Wildman–Crippen LogP) is 4.74. The van der Waals surface area contributed by atoms with E-state index >= 15 is 0 Å². The van der Waals surface area contributed by atoms with E-state index in [9.17, 15) is 8.78 Å². The van der Waals surface area contributed by atoms with E-state index in [1.807, 2.05) is 31.2 Å². The lowest BCUT2D eigenvalue weighted by Gasteiger charge is -2.16. The molecule has 0 heterocycles. The summed E-state index contributed by atoms with van der Waals surface area (Å²) in [6.07, 6.45) is 0. The van der Waals surface area contributed by atoms with Crippen molar-refractivity contribution in [2.24, 2.45) is 0 Å². The van der Waals surface area contributed by atoms with Gasteiger partial charge in [0.2, 0.25) is 0 Å². The van der Waals surface area contributed by atoms with Crippen LogP contribution in [0.5, 0.6) is 0 Å². The van der Waals surface area contributed by atoms with Crippen LogP contribution in [0.4, 0.5) is 14.5 Å². The van der Waals surface area contributed by atoms with Gasteiger partial charge in [-0.1, -0.05) is 12.1 Å². The van der Waals surface area contributed by atoms with E-state index in [4.69, 9.17) is 0 Å². The molecule has 4 heteroatoms. The number of hydrogen-bond donors (Lipinski definition) is 1. The molecule has 0 amide bonds. The molecule has 2 rings (SSSR count). The van der Waals surface area contributed by atoms with E-state index in [1.165, 1.54) is 12.1 Å². The average molecular weight is 359 g/mol. The van der Waals surface area contributed by atoms with Crippen molar-refractivity contribution < 1.29 is 8.78 Å². The Morgan fingerprint density at radius 3 is 2.33 bits per heavy atom. The molecule has 0 aliphatic carbocycles. The molecule has 0 saturated heterocycles. The first-order chi connectivity index (χ1) is 8.56. The molecule has 0 spiro atoms. The van der Waals surface area contributed by atoms with Crippen LogP contribution in [0.25, 0.3) is 0 Å². The van der Waals surface area contributed by atoms with Crippen molar-refractivity contribution in [1.82, 2.24) is 0 Å². The topological polar surface area (TPSA) is 12.0 Å². The summed E-state index contributed by atoms with van der Waals surface area (Å²) in [5.41, 5.74) is 1.36. The number of nitrogens with one attached hydrogen (secondary N) is 1. The normalized spacial score (nSPS) is 12.2. The Morgan fingerprint density at radius 2 is 1.72 bits per heavy atom. The van der Waals surface area contributed by atoms with Crippen LogP contribution in [0.15, 0.2) is 42.5 Å². The fraction of sp³-hybridized carbons (Fsp3) is 0.143. The second-order valence-corrected chi connectivity index (χ2v) is 5.29. The highest BCUT2D eigenvalue weighted by Crippen LogP contribution is 2.22. The summed E-state index contributed by atoms with van der Waals surface area (Å²) in [6.45, 7) is 1.94. The molecule has 0 aliphatic heterocycles. The van der Waals surface area contributed by atoms with E-state index < -0.39 is 11.6 Å². The fourth-order valence-corrected chi connectivity index (χ4v) is 2.03. The average Bonchev–Trinajstić information content (AvgIpc) is 2.33. The summed E-state index contributed by atoms with van der Waals surface area (Å²) in [7, 11) is 0. The SMILES string of the molecule is CC(Nc1ccc(F)cc1F)c1ccc(I)cc1. The molecule has 0 aliphatic rings. The van der Waals surface area contributed by atoms with Gasteiger partial charge in [0.05, 0.1) is 5.69 Å². The maximum atomic E-state index is 13.5. The predicted molar refractivity (Wildman–Crippen MR) is 77.6 cm³/mol. The van der Waals surface area contributed by atoms with Crippen molar-refractivity contribution >= 4 is 28.3 Å². The van der Waals surface area contributed by atoms with Crippen LogP contribution in [0.3, 0.4) is 0 Å². The minimum atomic E-state index is -0.577. The minimum Gasteiger partial charge on any atom is -0.376 e. The third-order valence-corrected chi connectivity index (χ3v) is 3.39. The van der Waals surface area contributed by atoms with Gasteiger partial charge in [-0.3, -0.25) is 0 Å². The zero-order valence-corrected chi connectivity index (χ0v) is 11.9. The van der Waals surface area contributed by atoms with Crippen LogP contribution in [-0.2, 0) is 0 Å². The second-order valence-electron chi connectivity index (χ2n) is 4.04. The molecule has 18 heavy (non-hydrogen) atoms. The zero-order chi connectivity index (χ0) is 13.1. The van der Waals surface area contributed by atoms with Gasteiger partial charge in [0, 0.05) is 15.7 Å². The minimum absolute atomic E-state index is 0.0399. The van der Waals surface area contributed by atoms with Crippen LogP contribution < -0.4 is 5.32 Å². The van der Waals surface area contributed by atoms with Crippen LogP contribution in [-0.4, -0.2) is 0 Å². The molecule has 1 unspecified atom stereocenters. The summed E-state index contributed by atoms with van der Waals surface area (Å²) >= 11 is 2.23. The van der Waals surface area contributed by atoms with Crippen LogP contribution in [0, 0.1) is 15.2 Å². The first-order valence-corrected chi connectivity index (χ1v) is 6.61. The van der Waals surface area contributed by atoms with Gasteiger partial charge in [0.25, 0.3) is 0 Å². The van der Waals surface area contributed by atoms with Crippen LogP contribution in [0.1, 0.15) is 18.5 Å². The van der Waals surface area contributed by atoms with Crippen molar-refractivity contribution in [2.75, 3.05) is 5.32 Å². The molecular weight excluding hydrogens is 347 g/mol. The number of halogens is 3. The number of benzene rings is 2. The molecule has 0 aromatic heterocycles. The Balaban J connectivity index is 2.15. The first-order valence-electron chi connectivity index (χ1n) is 5.53. The summed E-state index contributed by atoms with van der Waals surface area (Å²) in [6, 6.07) is 11.5. The summed E-state index contributed by atoms with van der Waals surface area (Å²) in [5.74, 6) is -1.15. The summed E-state index contributed by atoms with van der Waals surface area (Å²) in [4.78, 5) is 0. The highest BCUT2D eigenvalue weighted by molar-refractivity contribution is 14.1. The highest BCUT2D eigenvalue weighted by atomic mass is 127. The third kappa shape index (κ3) is 3.19. The Labute approximate surface area is 118 Å². The molecule has 0 bridgehead atoms. The van der Waals surface area contributed by atoms with E-state index in [0.29, 0.717) is 5.69 Å². The fourth-order valence-electron chi connectivity index (χ4n) is 1.67. The molecule has 1 atom stereocenters. The maximum Gasteiger partial charge on any atom is 0.149 e. The zero-order valence-electron chi connectivity index (χ0n) is 9.75. The van der Waals surface area contributed by atoms with E-state index in [1.54, 1.807) is 0 Å².